The third-order valence-corrected chi connectivity index (χ3v) is 4.76. The molecule has 1 aromatic carbocycles. The average molecular weight is 349 g/mol. The first-order valence-corrected chi connectivity index (χ1v) is 9.01. The van der Waals surface area contributed by atoms with Crippen molar-refractivity contribution >= 4 is 0 Å². The van der Waals surface area contributed by atoms with Gasteiger partial charge in [-0.3, -0.25) is 4.98 Å². The van der Waals surface area contributed by atoms with Gasteiger partial charge < -0.3 is 14.6 Å². The number of pyridine rings is 1. The molecule has 1 atom stereocenters. The topological polar surface area (TPSA) is 64.9 Å². The van der Waals surface area contributed by atoms with Crippen LogP contribution in [0.1, 0.15) is 29.3 Å². The first-order chi connectivity index (χ1) is 12.8. The molecular weight excluding hydrogens is 326 g/mol. The fraction of sp³-hybridized carbons (Fsp3) is 0.350. The lowest BCUT2D eigenvalue weighted by Crippen LogP contribution is -2.37. The van der Waals surface area contributed by atoms with Crippen LogP contribution in [-0.2, 0) is 26.1 Å². The molecule has 0 saturated carbocycles. The maximum atomic E-state index is 5.78. The molecular formula is C20H23N5O. The molecule has 0 saturated heterocycles. The zero-order chi connectivity index (χ0) is 17.8. The van der Waals surface area contributed by atoms with E-state index in [2.05, 4.69) is 37.2 Å². The summed E-state index contributed by atoms with van der Waals surface area (Å²) in [4.78, 5) is 4.26. The van der Waals surface area contributed by atoms with E-state index in [1.54, 1.807) is 6.20 Å². The van der Waals surface area contributed by atoms with E-state index < -0.39 is 0 Å². The van der Waals surface area contributed by atoms with Crippen molar-refractivity contribution in [2.24, 2.45) is 0 Å². The van der Waals surface area contributed by atoms with Crippen LogP contribution in [0.25, 0.3) is 0 Å². The van der Waals surface area contributed by atoms with Gasteiger partial charge in [0.1, 0.15) is 24.0 Å². The van der Waals surface area contributed by atoms with Crippen molar-refractivity contribution in [3.8, 4) is 5.75 Å². The van der Waals surface area contributed by atoms with Gasteiger partial charge in [-0.2, -0.15) is 0 Å². The van der Waals surface area contributed by atoms with Gasteiger partial charge in [-0.1, -0.05) is 18.2 Å². The normalized spacial score (nSPS) is 16.3. The summed E-state index contributed by atoms with van der Waals surface area (Å²) in [6.45, 7) is 4.30. The molecule has 134 valence electrons. The van der Waals surface area contributed by atoms with E-state index in [-0.39, 0.29) is 0 Å². The van der Waals surface area contributed by atoms with Gasteiger partial charge in [-0.05, 0) is 43.2 Å². The molecule has 0 unspecified atom stereocenters. The van der Waals surface area contributed by atoms with Crippen molar-refractivity contribution in [2.45, 2.75) is 45.5 Å². The van der Waals surface area contributed by atoms with Gasteiger partial charge in [-0.25, -0.2) is 0 Å². The summed E-state index contributed by atoms with van der Waals surface area (Å²) in [7, 11) is 0. The van der Waals surface area contributed by atoms with E-state index in [0.717, 1.165) is 49.0 Å². The Hall–Kier alpha value is -2.73. The van der Waals surface area contributed by atoms with Crippen LogP contribution in [0.2, 0.25) is 0 Å². The number of nitrogens with zero attached hydrogens (tertiary/aromatic N) is 4. The van der Waals surface area contributed by atoms with Crippen LogP contribution < -0.4 is 10.1 Å². The number of aromatic nitrogens is 4. The van der Waals surface area contributed by atoms with Gasteiger partial charge in [0.15, 0.2) is 0 Å². The summed E-state index contributed by atoms with van der Waals surface area (Å²) < 4.78 is 8.00. The minimum Gasteiger partial charge on any atom is -0.487 e. The average Bonchev–Trinajstić information content (AvgIpc) is 3.07. The van der Waals surface area contributed by atoms with Crippen molar-refractivity contribution in [1.82, 2.24) is 25.1 Å². The zero-order valence-electron chi connectivity index (χ0n) is 14.9. The fourth-order valence-corrected chi connectivity index (χ4v) is 3.24. The Bertz CT molecular complexity index is 844. The third-order valence-electron chi connectivity index (χ3n) is 4.76. The third kappa shape index (κ3) is 3.91. The Labute approximate surface area is 153 Å². The molecule has 26 heavy (non-hydrogen) atoms. The standard InChI is InChI=1S/C20H23N5O/c1-15-23-24-20-10-7-17(13-25(15)20)22-12-16-5-8-19(9-6-16)26-14-18-4-2-3-11-21-18/h2-6,8-9,11,17,22H,7,10,12-14H2,1H3/t17-/m0/s1. The first kappa shape index (κ1) is 16.7. The maximum absolute atomic E-state index is 5.78. The summed E-state index contributed by atoms with van der Waals surface area (Å²) in [6.07, 6.45) is 3.87. The highest BCUT2D eigenvalue weighted by Crippen LogP contribution is 2.17. The lowest BCUT2D eigenvalue weighted by Gasteiger charge is -2.25. The minimum atomic E-state index is 0.456. The van der Waals surface area contributed by atoms with Crippen LogP contribution in [0.15, 0.2) is 48.7 Å². The summed E-state index contributed by atoms with van der Waals surface area (Å²) in [5, 5.41) is 12.0. The van der Waals surface area contributed by atoms with E-state index in [1.807, 2.05) is 37.3 Å². The molecule has 1 aliphatic rings. The summed E-state index contributed by atoms with van der Waals surface area (Å²) in [6, 6.07) is 14.5. The minimum absolute atomic E-state index is 0.456. The Morgan fingerprint density at radius 3 is 2.85 bits per heavy atom. The second kappa shape index (κ2) is 7.66. The number of nitrogens with one attached hydrogen (secondary N) is 1. The number of aryl methyl sites for hydroxylation is 2. The Kier molecular flexibility index (Phi) is 4.93. The molecule has 1 aliphatic heterocycles. The molecule has 3 heterocycles. The summed E-state index contributed by atoms with van der Waals surface area (Å²) in [5.74, 6) is 2.97. The van der Waals surface area contributed by atoms with Crippen LogP contribution in [0.3, 0.4) is 0 Å². The van der Waals surface area contributed by atoms with Gasteiger partial charge >= 0.3 is 0 Å². The number of hydrogen-bond donors (Lipinski definition) is 1. The van der Waals surface area contributed by atoms with Crippen molar-refractivity contribution < 1.29 is 4.74 Å². The number of hydrogen-bond acceptors (Lipinski definition) is 5. The molecule has 2 aromatic heterocycles. The molecule has 1 N–H and O–H groups in total. The van der Waals surface area contributed by atoms with Crippen LogP contribution in [0.4, 0.5) is 0 Å². The lowest BCUT2D eigenvalue weighted by atomic mass is 10.1. The monoisotopic (exact) mass is 349 g/mol. The van der Waals surface area contributed by atoms with Crippen molar-refractivity contribution in [3.05, 3.63) is 71.6 Å². The van der Waals surface area contributed by atoms with E-state index in [9.17, 15) is 0 Å². The van der Waals surface area contributed by atoms with Gasteiger partial charge in [-0.15, -0.1) is 10.2 Å². The molecule has 0 fully saturated rings. The second-order valence-electron chi connectivity index (χ2n) is 6.64. The van der Waals surface area contributed by atoms with Crippen LogP contribution in [0, 0.1) is 6.92 Å². The summed E-state index contributed by atoms with van der Waals surface area (Å²) in [5.41, 5.74) is 2.18. The van der Waals surface area contributed by atoms with Crippen molar-refractivity contribution in [1.29, 1.82) is 0 Å². The fourth-order valence-electron chi connectivity index (χ4n) is 3.24. The molecule has 0 aliphatic carbocycles. The second-order valence-corrected chi connectivity index (χ2v) is 6.64. The highest BCUT2D eigenvalue weighted by molar-refractivity contribution is 5.27. The van der Waals surface area contributed by atoms with E-state index in [4.69, 9.17) is 4.74 Å². The Balaban J connectivity index is 1.27. The van der Waals surface area contributed by atoms with Crippen LogP contribution in [0.5, 0.6) is 5.75 Å². The van der Waals surface area contributed by atoms with E-state index >= 15 is 0 Å². The van der Waals surface area contributed by atoms with Gasteiger partial charge in [0, 0.05) is 31.7 Å². The largest absolute Gasteiger partial charge is 0.487 e. The molecule has 6 nitrogen and oxygen atoms in total. The Morgan fingerprint density at radius 1 is 1.15 bits per heavy atom. The Morgan fingerprint density at radius 2 is 2.04 bits per heavy atom. The predicted octanol–water partition coefficient (Wildman–Crippen LogP) is 2.67. The van der Waals surface area contributed by atoms with Crippen LogP contribution >= 0.6 is 0 Å². The maximum Gasteiger partial charge on any atom is 0.133 e. The van der Waals surface area contributed by atoms with E-state index in [0.29, 0.717) is 12.6 Å². The number of ether oxygens (including phenoxy) is 1. The lowest BCUT2D eigenvalue weighted by molar-refractivity contribution is 0.301. The molecule has 0 amide bonds. The van der Waals surface area contributed by atoms with Gasteiger partial charge in [0.05, 0.1) is 5.69 Å². The SMILES string of the molecule is Cc1nnc2n1C[C@@H](NCc1ccc(OCc3ccccn3)cc1)CC2. The molecule has 4 rings (SSSR count). The zero-order valence-corrected chi connectivity index (χ0v) is 14.9. The summed E-state index contributed by atoms with van der Waals surface area (Å²) >= 11 is 0. The number of rotatable bonds is 6. The molecule has 0 spiro atoms. The van der Waals surface area contributed by atoms with Gasteiger partial charge in [0.2, 0.25) is 0 Å². The number of benzene rings is 1. The smallest absolute Gasteiger partial charge is 0.133 e. The first-order valence-electron chi connectivity index (χ1n) is 9.01. The molecule has 6 heteroatoms. The molecule has 0 radical (unpaired) electrons. The predicted molar refractivity (Wildman–Crippen MR) is 98.7 cm³/mol. The quantitative estimate of drug-likeness (QED) is 0.741. The highest BCUT2D eigenvalue weighted by Gasteiger charge is 2.20. The highest BCUT2D eigenvalue weighted by atomic mass is 16.5. The molecule has 0 bridgehead atoms. The number of fused-ring (bicyclic) bond motifs is 1. The van der Waals surface area contributed by atoms with Gasteiger partial charge in [0.25, 0.3) is 0 Å². The van der Waals surface area contributed by atoms with Crippen molar-refractivity contribution in [3.63, 3.8) is 0 Å². The van der Waals surface area contributed by atoms with E-state index in [1.165, 1.54) is 5.56 Å². The van der Waals surface area contributed by atoms with Crippen LogP contribution in [-0.4, -0.2) is 25.8 Å². The molecule has 3 aromatic rings. The van der Waals surface area contributed by atoms with Crippen molar-refractivity contribution in [2.75, 3.05) is 0 Å².